The fraction of sp³-hybridized carbons (Fsp3) is 0.400. The van der Waals surface area contributed by atoms with Gasteiger partial charge in [-0.3, -0.25) is 4.98 Å². The standard InChI is InChI=1S/C10H14N2O3/c1-7-9(5-8(11)6-12-7)10(13)15-4-3-14-2/h5-6H,3-4,11H2,1-2H3. The van der Waals surface area contributed by atoms with Crippen LogP contribution in [0.2, 0.25) is 0 Å². The second-order valence-corrected chi connectivity index (χ2v) is 3.03. The van der Waals surface area contributed by atoms with Crippen LogP contribution in [0, 0.1) is 6.92 Å². The van der Waals surface area contributed by atoms with Gasteiger partial charge in [0.15, 0.2) is 0 Å². The Morgan fingerprint density at radius 2 is 2.27 bits per heavy atom. The number of pyridine rings is 1. The number of aromatic nitrogens is 1. The molecule has 0 aliphatic heterocycles. The van der Waals surface area contributed by atoms with Gasteiger partial charge in [-0.1, -0.05) is 0 Å². The lowest BCUT2D eigenvalue weighted by molar-refractivity contribution is 0.0387. The molecule has 0 fully saturated rings. The van der Waals surface area contributed by atoms with Gasteiger partial charge in [0.2, 0.25) is 0 Å². The van der Waals surface area contributed by atoms with Crippen molar-refractivity contribution in [2.75, 3.05) is 26.1 Å². The fourth-order valence-corrected chi connectivity index (χ4v) is 1.05. The number of methoxy groups -OCH3 is 1. The molecular weight excluding hydrogens is 196 g/mol. The zero-order chi connectivity index (χ0) is 11.3. The van der Waals surface area contributed by atoms with Crippen molar-refractivity contribution >= 4 is 11.7 Å². The van der Waals surface area contributed by atoms with Crippen LogP contribution in [0.1, 0.15) is 16.1 Å². The van der Waals surface area contributed by atoms with E-state index in [1.165, 1.54) is 6.20 Å². The molecule has 0 spiro atoms. The number of carbonyl (C=O) groups is 1. The van der Waals surface area contributed by atoms with Crippen LogP contribution < -0.4 is 5.73 Å². The maximum absolute atomic E-state index is 11.5. The number of carbonyl (C=O) groups excluding carboxylic acids is 1. The van der Waals surface area contributed by atoms with Crippen molar-refractivity contribution in [2.24, 2.45) is 0 Å². The van der Waals surface area contributed by atoms with E-state index in [9.17, 15) is 4.79 Å². The largest absolute Gasteiger partial charge is 0.460 e. The van der Waals surface area contributed by atoms with Gasteiger partial charge in [-0.05, 0) is 13.0 Å². The van der Waals surface area contributed by atoms with E-state index in [4.69, 9.17) is 15.2 Å². The lowest BCUT2D eigenvalue weighted by Crippen LogP contribution is -2.12. The van der Waals surface area contributed by atoms with Gasteiger partial charge in [-0.25, -0.2) is 4.79 Å². The number of anilines is 1. The van der Waals surface area contributed by atoms with Crippen molar-refractivity contribution in [3.8, 4) is 0 Å². The zero-order valence-electron chi connectivity index (χ0n) is 8.82. The summed E-state index contributed by atoms with van der Waals surface area (Å²) < 4.78 is 9.71. The third-order valence-corrected chi connectivity index (χ3v) is 1.85. The average Bonchev–Trinajstić information content (AvgIpc) is 2.22. The van der Waals surface area contributed by atoms with Crippen LogP contribution in [0.4, 0.5) is 5.69 Å². The molecule has 0 amide bonds. The van der Waals surface area contributed by atoms with E-state index in [0.717, 1.165) is 0 Å². The number of ether oxygens (including phenoxy) is 2. The van der Waals surface area contributed by atoms with Gasteiger partial charge in [0, 0.05) is 7.11 Å². The summed E-state index contributed by atoms with van der Waals surface area (Å²) in [6.07, 6.45) is 1.50. The van der Waals surface area contributed by atoms with E-state index in [-0.39, 0.29) is 6.61 Å². The van der Waals surface area contributed by atoms with Crippen molar-refractivity contribution in [1.82, 2.24) is 4.98 Å². The number of nitrogens with zero attached hydrogens (tertiary/aromatic N) is 1. The summed E-state index contributed by atoms with van der Waals surface area (Å²) in [6, 6.07) is 1.55. The highest BCUT2D eigenvalue weighted by Crippen LogP contribution is 2.10. The fourth-order valence-electron chi connectivity index (χ4n) is 1.05. The summed E-state index contributed by atoms with van der Waals surface area (Å²) >= 11 is 0. The second kappa shape index (κ2) is 5.31. The van der Waals surface area contributed by atoms with Gasteiger partial charge in [0.05, 0.1) is 29.7 Å². The molecule has 0 aliphatic rings. The predicted molar refractivity (Wildman–Crippen MR) is 55.5 cm³/mol. The molecule has 1 heterocycles. The molecule has 0 saturated carbocycles. The van der Waals surface area contributed by atoms with Crippen LogP contribution in [-0.2, 0) is 9.47 Å². The lowest BCUT2D eigenvalue weighted by Gasteiger charge is -2.06. The number of aryl methyl sites for hydroxylation is 1. The monoisotopic (exact) mass is 210 g/mol. The van der Waals surface area contributed by atoms with Crippen molar-refractivity contribution in [3.05, 3.63) is 23.5 Å². The second-order valence-electron chi connectivity index (χ2n) is 3.03. The van der Waals surface area contributed by atoms with E-state index in [2.05, 4.69) is 4.98 Å². The molecular formula is C10H14N2O3. The molecule has 0 atom stereocenters. The smallest absolute Gasteiger partial charge is 0.340 e. The normalized spacial score (nSPS) is 10.0. The molecule has 5 heteroatoms. The minimum absolute atomic E-state index is 0.226. The number of hydrogen-bond donors (Lipinski definition) is 1. The van der Waals surface area contributed by atoms with Crippen LogP contribution in [0.25, 0.3) is 0 Å². The van der Waals surface area contributed by atoms with E-state index in [1.807, 2.05) is 0 Å². The summed E-state index contributed by atoms with van der Waals surface area (Å²) in [4.78, 5) is 15.5. The molecule has 2 N–H and O–H groups in total. The molecule has 1 rings (SSSR count). The molecule has 15 heavy (non-hydrogen) atoms. The molecule has 0 unspecified atom stereocenters. The van der Waals surface area contributed by atoms with Gasteiger partial charge in [-0.2, -0.15) is 0 Å². The highest BCUT2D eigenvalue weighted by atomic mass is 16.6. The predicted octanol–water partition coefficient (Wildman–Crippen LogP) is 0.775. The SMILES string of the molecule is COCCOC(=O)c1cc(N)cnc1C. The van der Waals surface area contributed by atoms with Crippen molar-refractivity contribution in [2.45, 2.75) is 6.92 Å². The summed E-state index contributed by atoms with van der Waals surface area (Å²) in [7, 11) is 1.54. The maximum Gasteiger partial charge on any atom is 0.340 e. The Morgan fingerprint density at radius 1 is 1.53 bits per heavy atom. The third kappa shape index (κ3) is 3.21. The van der Waals surface area contributed by atoms with Crippen molar-refractivity contribution < 1.29 is 14.3 Å². The number of hydrogen-bond acceptors (Lipinski definition) is 5. The first-order valence-electron chi connectivity index (χ1n) is 4.53. The third-order valence-electron chi connectivity index (χ3n) is 1.85. The average molecular weight is 210 g/mol. The summed E-state index contributed by atoms with van der Waals surface area (Å²) in [5.41, 5.74) is 6.97. The Labute approximate surface area is 88.2 Å². The Hall–Kier alpha value is -1.62. The van der Waals surface area contributed by atoms with Crippen LogP contribution in [0.15, 0.2) is 12.3 Å². The van der Waals surface area contributed by atoms with E-state index >= 15 is 0 Å². The molecule has 1 aromatic heterocycles. The van der Waals surface area contributed by atoms with E-state index in [0.29, 0.717) is 23.6 Å². The van der Waals surface area contributed by atoms with E-state index in [1.54, 1.807) is 20.1 Å². The van der Waals surface area contributed by atoms with Crippen LogP contribution in [0.3, 0.4) is 0 Å². The first-order chi connectivity index (χ1) is 7.15. The number of esters is 1. The zero-order valence-corrected chi connectivity index (χ0v) is 8.82. The molecule has 82 valence electrons. The van der Waals surface area contributed by atoms with Crippen LogP contribution >= 0.6 is 0 Å². The first-order valence-corrected chi connectivity index (χ1v) is 4.53. The van der Waals surface area contributed by atoms with E-state index < -0.39 is 5.97 Å². The first kappa shape index (κ1) is 11.5. The number of nitrogen functional groups attached to an aromatic ring is 1. The summed E-state index contributed by atoms with van der Waals surface area (Å²) in [5.74, 6) is -0.427. The molecule has 1 aromatic rings. The summed E-state index contributed by atoms with van der Waals surface area (Å²) in [5, 5.41) is 0. The van der Waals surface area contributed by atoms with Crippen LogP contribution in [-0.4, -0.2) is 31.3 Å². The number of rotatable bonds is 4. The van der Waals surface area contributed by atoms with Gasteiger partial charge in [0.25, 0.3) is 0 Å². The van der Waals surface area contributed by atoms with Crippen LogP contribution in [0.5, 0.6) is 0 Å². The molecule has 0 bridgehead atoms. The topological polar surface area (TPSA) is 74.4 Å². The van der Waals surface area contributed by atoms with Gasteiger partial charge < -0.3 is 15.2 Å². The lowest BCUT2D eigenvalue weighted by atomic mass is 10.2. The van der Waals surface area contributed by atoms with Gasteiger partial charge in [-0.15, -0.1) is 0 Å². The Kier molecular flexibility index (Phi) is 4.05. The Bertz CT molecular complexity index is 353. The molecule has 0 radical (unpaired) electrons. The Morgan fingerprint density at radius 3 is 2.93 bits per heavy atom. The molecule has 5 nitrogen and oxygen atoms in total. The quantitative estimate of drug-likeness (QED) is 0.587. The van der Waals surface area contributed by atoms with Gasteiger partial charge in [0.1, 0.15) is 6.61 Å². The molecule has 0 saturated heterocycles. The highest BCUT2D eigenvalue weighted by molar-refractivity contribution is 5.91. The molecule has 0 aliphatic carbocycles. The highest BCUT2D eigenvalue weighted by Gasteiger charge is 2.11. The minimum Gasteiger partial charge on any atom is -0.460 e. The summed E-state index contributed by atoms with van der Waals surface area (Å²) in [6.45, 7) is 2.33. The molecule has 0 aromatic carbocycles. The minimum atomic E-state index is -0.427. The number of nitrogens with two attached hydrogens (primary N) is 1. The van der Waals surface area contributed by atoms with Crippen molar-refractivity contribution in [1.29, 1.82) is 0 Å². The Balaban J connectivity index is 2.68. The maximum atomic E-state index is 11.5. The van der Waals surface area contributed by atoms with Gasteiger partial charge >= 0.3 is 5.97 Å². The van der Waals surface area contributed by atoms with Crippen molar-refractivity contribution in [3.63, 3.8) is 0 Å².